The summed E-state index contributed by atoms with van der Waals surface area (Å²) in [6.45, 7) is 0. The van der Waals surface area contributed by atoms with Crippen LogP contribution < -0.4 is 19.8 Å². The lowest BCUT2D eigenvalue weighted by Crippen LogP contribution is -2.37. The van der Waals surface area contributed by atoms with Crippen LogP contribution in [0.2, 0.25) is 0 Å². The Bertz CT molecular complexity index is 1200. The summed E-state index contributed by atoms with van der Waals surface area (Å²) in [7, 11) is 0. The number of imidazole rings is 1. The molecule has 0 aliphatic carbocycles. The fourth-order valence-electron chi connectivity index (χ4n) is 2.55. The van der Waals surface area contributed by atoms with Crippen LogP contribution in [0.4, 0.5) is 19.0 Å². The molecule has 0 spiro atoms. The third-order valence-corrected chi connectivity index (χ3v) is 3.87. The lowest BCUT2D eigenvalue weighted by Gasteiger charge is -2.03. The molecule has 0 unspecified atom stereocenters. The molecule has 0 aliphatic heterocycles. The minimum Gasteiger partial charge on any atom is -0.542 e. The maximum Gasteiger partial charge on any atom is 0.430 e. The van der Waals surface area contributed by atoms with Crippen LogP contribution in [0.3, 0.4) is 0 Å². The number of nitrogens with one attached hydrogen (secondary N) is 3. The van der Waals surface area contributed by atoms with E-state index in [4.69, 9.17) is 9.90 Å². The first-order chi connectivity index (χ1) is 14.8. The number of carbonyl (C=O) groups excluding carboxylic acids is 2. The molecule has 0 saturated heterocycles. The second kappa shape index (κ2) is 8.98. The molecule has 31 heavy (non-hydrogen) atoms. The second-order valence-electron chi connectivity index (χ2n) is 5.92. The van der Waals surface area contributed by atoms with Crippen molar-refractivity contribution in [1.82, 2.24) is 15.0 Å². The number of fused-ring (bicyclic) bond motifs is 1. The van der Waals surface area contributed by atoms with Gasteiger partial charge in [-0.3, -0.25) is 20.1 Å². The van der Waals surface area contributed by atoms with Crippen LogP contribution in [0.25, 0.3) is 16.9 Å². The van der Waals surface area contributed by atoms with Gasteiger partial charge in [0, 0.05) is 18.5 Å². The molecule has 4 rings (SSSR count). The van der Waals surface area contributed by atoms with Gasteiger partial charge in [0.2, 0.25) is 5.69 Å². The maximum absolute atomic E-state index is 12.7. The zero-order valence-corrected chi connectivity index (χ0v) is 15.6. The average Bonchev–Trinajstić information content (AvgIpc) is 3.15. The average molecular weight is 431 g/mol. The van der Waals surface area contributed by atoms with E-state index in [1.165, 1.54) is 6.33 Å². The molecule has 4 aromatic rings. The Hall–Kier alpha value is -4.35. The fourth-order valence-corrected chi connectivity index (χ4v) is 2.55. The van der Waals surface area contributed by atoms with Crippen molar-refractivity contribution < 1.29 is 37.3 Å². The van der Waals surface area contributed by atoms with Crippen molar-refractivity contribution in [1.29, 1.82) is 0 Å². The quantitative estimate of drug-likeness (QED) is 0.459. The molecule has 4 heterocycles. The van der Waals surface area contributed by atoms with Crippen molar-refractivity contribution in [2.24, 2.45) is 0 Å². The predicted octanol–water partition coefficient (Wildman–Crippen LogP) is 0.575. The highest BCUT2D eigenvalue weighted by molar-refractivity contribution is 6.06. The number of hydrogen-bond acceptors (Lipinski definition) is 5. The topological polar surface area (TPSA) is 129 Å². The van der Waals surface area contributed by atoms with Crippen LogP contribution in [0.1, 0.15) is 10.5 Å². The van der Waals surface area contributed by atoms with E-state index < -0.39 is 12.1 Å². The van der Waals surface area contributed by atoms with Crippen LogP contribution in [0.15, 0.2) is 67.5 Å². The molecule has 12 heteroatoms. The van der Waals surface area contributed by atoms with E-state index >= 15 is 0 Å². The molecule has 0 bridgehead atoms. The Morgan fingerprint density at radius 1 is 1.13 bits per heavy atom. The van der Waals surface area contributed by atoms with Crippen LogP contribution >= 0.6 is 0 Å². The molecular formula is C19H14F3N6O3+. The van der Waals surface area contributed by atoms with Gasteiger partial charge in [-0.25, -0.2) is 4.98 Å². The minimum absolute atomic E-state index is 0.252. The number of rotatable bonds is 3. The molecule has 0 fully saturated rings. The molecule has 0 radical (unpaired) electrons. The van der Waals surface area contributed by atoms with E-state index in [2.05, 4.69) is 25.3 Å². The number of hydrogen-bond donors (Lipinski definition) is 2. The summed E-state index contributed by atoms with van der Waals surface area (Å²) in [5.74, 6) is -1.97. The maximum atomic E-state index is 12.7. The van der Waals surface area contributed by atoms with Gasteiger partial charge in [-0.15, -0.1) is 0 Å². The number of carboxylic acids is 1. The Labute approximate surface area is 172 Å². The molecule has 9 nitrogen and oxygen atoms in total. The van der Waals surface area contributed by atoms with Gasteiger partial charge in [-0.2, -0.15) is 17.6 Å². The van der Waals surface area contributed by atoms with Gasteiger partial charge in [0.05, 0.1) is 18.0 Å². The van der Waals surface area contributed by atoms with Crippen molar-refractivity contribution in [3.8, 4) is 11.4 Å². The summed E-state index contributed by atoms with van der Waals surface area (Å²) in [6.07, 6.45) is 3.37. The largest absolute Gasteiger partial charge is 0.542 e. The molecule has 1 amide bonds. The first-order valence-corrected chi connectivity index (χ1v) is 8.61. The highest BCUT2D eigenvalue weighted by Crippen LogP contribution is 2.17. The third kappa shape index (κ3) is 5.18. The molecule has 4 aromatic heterocycles. The van der Waals surface area contributed by atoms with E-state index in [1.807, 2.05) is 40.9 Å². The lowest BCUT2D eigenvalue weighted by molar-refractivity contribution is -0.498. The Morgan fingerprint density at radius 2 is 1.84 bits per heavy atom. The van der Waals surface area contributed by atoms with Crippen LogP contribution in [-0.2, 0) is 4.79 Å². The van der Waals surface area contributed by atoms with Gasteiger partial charge in [0.1, 0.15) is 5.97 Å². The first-order valence-electron chi connectivity index (χ1n) is 8.61. The number of aromatic nitrogens is 5. The number of H-pyrrole nitrogens is 2. The predicted molar refractivity (Wildman–Crippen MR) is 97.0 cm³/mol. The van der Waals surface area contributed by atoms with Gasteiger partial charge in [-0.05, 0) is 29.2 Å². The summed E-state index contributed by atoms with van der Waals surface area (Å²) >= 11 is 0. The standard InChI is InChI=1S/C17H12N6O.C2HF3O2/c24-17(21-14-6-9-19-11-20-14)15-13-3-1-2-10-23(13)16(22-15)12-4-7-18-8-5-12;3-2(4,5)1(6)7/h1-11H,(H,19,20,21,24);(H,6,7)/p+1. The van der Waals surface area contributed by atoms with Crippen molar-refractivity contribution in [2.45, 2.75) is 6.18 Å². The number of halogens is 3. The molecule has 0 aliphatic rings. The van der Waals surface area contributed by atoms with E-state index in [-0.39, 0.29) is 5.91 Å². The first kappa shape index (κ1) is 21.4. The smallest absolute Gasteiger partial charge is 0.430 e. The summed E-state index contributed by atoms with van der Waals surface area (Å²) in [6, 6.07) is 11.2. The van der Waals surface area contributed by atoms with Gasteiger partial charge in [0.15, 0.2) is 5.52 Å². The molecular weight excluding hydrogens is 417 g/mol. The van der Waals surface area contributed by atoms with E-state index in [0.29, 0.717) is 11.5 Å². The number of pyridine rings is 2. The van der Waals surface area contributed by atoms with Crippen molar-refractivity contribution >= 4 is 23.2 Å². The second-order valence-corrected chi connectivity index (χ2v) is 5.92. The molecule has 0 aromatic carbocycles. The highest BCUT2D eigenvalue weighted by atomic mass is 19.4. The zero-order chi connectivity index (χ0) is 22.4. The van der Waals surface area contributed by atoms with Gasteiger partial charge < -0.3 is 9.90 Å². The molecule has 158 valence electrons. The number of aliphatic carboxylic acids is 1. The zero-order valence-electron chi connectivity index (χ0n) is 15.6. The third-order valence-electron chi connectivity index (χ3n) is 3.87. The normalized spacial score (nSPS) is 10.8. The summed E-state index contributed by atoms with van der Waals surface area (Å²) < 4.78 is 33.5. The summed E-state index contributed by atoms with van der Waals surface area (Å²) in [5, 5.41) is 11.6. The Balaban J connectivity index is 0.000000339. The van der Waals surface area contributed by atoms with E-state index in [0.717, 1.165) is 16.9 Å². The Morgan fingerprint density at radius 3 is 2.45 bits per heavy atom. The van der Waals surface area contributed by atoms with Crippen LogP contribution in [-0.4, -0.2) is 33.0 Å². The van der Waals surface area contributed by atoms with Gasteiger partial charge in [0.25, 0.3) is 18.0 Å². The van der Waals surface area contributed by atoms with Crippen LogP contribution in [0, 0.1) is 0 Å². The number of anilines is 1. The molecule has 0 saturated carbocycles. The van der Waals surface area contributed by atoms with Crippen molar-refractivity contribution in [3.05, 3.63) is 73.2 Å². The number of nitrogens with zero attached hydrogens (tertiary/aromatic N) is 3. The highest BCUT2D eigenvalue weighted by Gasteiger charge is 2.29. The van der Waals surface area contributed by atoms with Gasteiger partial charge in [-0.1, -0.05) is 6.07 Å². The fraction of sp³-hybridized carbons (Fsp3) is 0.0526. The number of carbonyl (C=O) groups is 2. The van der Waals surface area contributed by atoms with E-state index in [1.54, 1.807) is 24.7 Å². The Kier molecular flexibility index (Phi) is 6.19. The summed E-state index contributed by atoms with van der Waals surface area (Å²) in [4.78, 5) is 35.6. The molecule has 0 atom stereocenters. The molecule has 3 N–H and O–H groups in total. The lowest BCUT2D eigenvalue weighted by atomic mass is 10.2. The number of aromatic amines is 2. The number of alkyl halides is 3. The van der Waals surface area contributed by atoms with Crippen LogP contribution in [0.5, 0.6) is 0 Å². The SMILES string of the molecule is O=C(Nc1cc[nH+]cn1)c1[nH]c(-c2ccncc2)[n+]2ccccc12.O=C([O-])C(F)(F)F. The number of amides is 1. The number of carboxylic acid groups (broad SMARTS) is 1. The van der Waals surface area contributed by atoms with Crippen molar-refractivity contribution in [2.75, 3.05) is 5.32 Å². The minimum atomic E-state index is -5.19. The monoisotopic (exact) mass is 431 g/mol. The summed E-state index contributed by atoms with van der Waals surface area (Å²) in [5.41, 5.74) is 2.19. The van der Waals surface area contributed by atoms with E-state index in [9.17, 15) is 18.0 Å². The van der Waals surface area contributed by atoms with Gasteiger partial charge >= 0.3 is 12.1 Å². The van der Waals surface area contributed by atoms with Crippen molar-refractivity contribution in [3.63, 3.8) is 0 Å².